The minimum atomic E-state index is -2.93. The fourth-order valence-corrected chi connectivity index (χ4v) is 3.37. The van der Waals surface area contributed by atoms with Crippen LogP contribution in [0.3, 0.4) is 0 Å². The predicted molar refractivity (Wildman–Crippen MR) is 106 cm³/mol. The Hall–Kier alpha value is -3.76. The second kappa shape index (κ2) is 7.82. The molecule has 1 aromatic carbocycles. The number of aromatic nitrogens is 5. The Kier molecular flexibility index (Phi) is 5.17. The third-order valence-electron chi connectivity index (χ3n) is 4.83. The highest BCUT2D eigenvalue weighted by Gasteiger charge is 2.22. The number of hydrogen-bond donors (Lipinski definition) is 1. The van der Waals surface area contributed by atoms with Crippen LogP contribution in [-0.2, 0) is 4.74 Å². The third-order valence-corrected chi connectivity index (χ3v) is 4.83. The summed E-state index contributed by atoms with van der Waals surface area (Å²) in [5.74, 6) is -0.956. The van der Waals surface area contributed by atoms with Crippen LogP contribution in [-0.4, -0.2) is 37.6 Å². The molecule has 0 fully saturated rings. The van der Waals surface area contributed by atoms with Gasteiger partial charge in [0.05, 0.1) is 24.1 Å². The monoisotopic (exact) mass is 430 g/mol. The van der Waals surface area contributed by atoms with Gasteiger partial charge >= 0.3 is 5.97 Å². The number of methoxy groups -OCH3 is 1. The molecule has 1 atom stereocenters. The summed E-state index contributed by atoms with van der Waals surface area (Å²) in [4.78, 5) is 25.1. The first-order chi connectivity index (χ1) is 14.8. The highest BCUT2D eigenvalue weighted by Crippen LogP contribution is 2.31. The second-order valence-electron chi connectivity index (χ2n) is 6.82. The number of halogens is 3. The molecule has 0 amide bonds. The van der Waals surface area contributed by atoms with Gasteiger partial charge in [0, 0.05) is 5.56 Å². The highest BCUT2D eigenvalue weighted by atomic mass is 19.3. The minimum Gasteiger partial charge on any atom is -0.465 e. The van der Waals surface area contributed by atoms with Gasteiger partial charge in [0.25, 0.3) is 6.43 Å². The summed E-state index contributed by atoms with van der Waals surface area (Å²) in [7, 11) is 1.24. The van der Waals surface area contributed by atoms with Crippen molar-refractivity contribution in [3.63, 3.8) is 0 Å². The van der Waals surface area contributed by atoms with Crippen molar-refractivity contribution in [2.24, 2.45) is 0 Å². The van der Waals surface area contributed by atoms with E-state index in [4.69, 9.17) is 4.74 Å². The van der Waals surface area contributed by atoms with E-state index in [-0.39, 0.29) is 22.6 Å². The Morgan fingerprint density at radius 3 is 2.65 bits per heavy atom. The van der Waals surface area contributed by atoms with Crippen molar-refractivity contribution in [3.8, 4) is 0 Å². The number of esters is 1. The Morgan fingerprint density at radius 1 is 1.19 bits per heavy atom. The second-order valence-corrected chi connectivity index (χ2v) is 6.82. The Labute approximate surface area is 174 Å². The Balaban J connectivity index is 1.86. The minimum absolute atomic E-state index is 0.0530. The molecule has 160 valence electrons. The molecule has 1 N–H and O–H groups in total. The summed E-state index contributed by atoms with van der Waals surface area (Å²) in [6, 6.07) is 4.63. The zero-order valence-corrected chi connectivity index (χ0v) is 16.7. The number of carbonyl (C=O) groups is 1. The number of anilines is 1. The lowest BCUT2D eigenvalue weighted by molar-refractivity contribution is 0.0602. The molecule has 0 unspecified atom stereocenters. The standard InChI is InChI=1S/C20H17F3N6O2/c1-9(11-5-4-6-12(15(11)21)16(22)23)26-17-13-7-14(20(30)31-3)18-24-8-25-29(18)19(13)28-10(2)27-17/h4-9,16H,1-3H3,(H,26,27,28)/t9-/m1/s1. The number of pyridine rings is 1. The fourth-order valence-electron chi connectivity index (χ4n) is 3.37. The summed E-state index contributed by atoms with van der Waals surface area (Å²) in [5, 5.41) is 7.57. The molecule has 0 aliphatic heterocycles. The van der Waals surface area contributed by atoms with Crippen LogP contribution in [0.25, 0.3) is 16.7 Å². The number of ether oxygens (including phenoxy) is 1. The lowest BCUT2D eigenvalue weighted by Crippen LogP contribution is -2.14. The van der Waals surface area contributed by atoms with E-state index in [1.54, 1.807) is 13.8 Å². The smallest absolute Gasteiger partial charge is 0.341 e. The molecule has 0 radical (unpaired) electrons. The van der Waals surface area contributed by atoms with Crippen LogP contribution in [0.4, 0.5) is 19.0 Å². The summed E-state index contributed by atoms with van der Waals surface area (Å²) in [6.45, 7) is 3.27. The summed E-state index contributed by atoms with van der Waals surface area (Å²) < 4.78 is 47.0. The van der Waals surface area contributed by atoms with E-state index < -0.39 is 29.8 Å². The highest BCUT2D eigenvalue weighted by molar-refractivity contribution is 6.02. The van der Waals surface area contributed by atoms with Crippen LogP contribution < -0.4 is 5.32 Å². The molecule has 0 aliphatic carbocycles. The maximum atomic E-state index is 14.6. The van der Waals surface area contributed by atoms with Gasteiger partial charge < -0.3 is 10.1 Å². The van der Waals surface area contributed by atoms with E-state index >= 15 is 0 Å². The zero-order chi connectivity index (χ0) is 22.3. The van der Waals surface area contributed by atoms with E-state index in [2.05, 4.69) is 25.4 Å². The average Bonchev–Trinajstić information content (AvgIpc) is 3.23. The zero-order valence-electron chi connectivity index (χ0n) is 16.7. The van der Waals surface area contributed by atoms with E-state index in [1.165, 1.54) is 36.2 Å². The molecule has 0 saturated heterocycles. The SMILES string of the molecule is COC(=O)c1cc2c(N[C@H](C)c3cccc(C(F)F)c3F)nc(C)nc2n2ncnc12. The summed E-state index contributed by atoms with van der Waals surface area (Å²) in [5.41, 5.74) is 0.141. The first kappa shape index (κ1) is 20.5. The van der Waals surface area contributed by atoms with Gasteiger partial charge in [0.15, 0.2) is 11.3 Å². The molecule has 4 aromatic rings. The van der Waals surface area contributed by atoms with Crippen molar-refractivity contribution in [2.45, 2.75) is 26.3 Å². The molecule has 31 heavy (non-hydrogen) atoms. The molecule has 11 heteroatoms. The molecule has 0 bridgehead atoms. The van der Waals surface area contributed by atoms with Gasteiger partial charge in [-0.25, -0.2) is 32.9 Å². The van der Waals surface area contributed by atoms with Gasteiger partial charge in [-0.1, -0.05) is 18.2 Å². The van der Waals surface area contributed by atoms with E-state index in [1.807, 2.05) is 0 Å². The number of benzene rings is 1. The lowest BCUT2D eigenvalue weighted by Gasteiger charge is -2.19. The van der Waals surface area contributed by atoms with Gasteiger partial charge in [-0.3, -0.25) is 0 Å². The maximum Gasteiger partial charge on any atom is 0.341 e. The number of hydrogen-bond acceptors (Lipinski definition) is 7. The average molecular weight is 430 g/mol. The van der Waals surface area contributed by atoms with E-state index in [0.29, 0.717) is 16.9 Å². The molecule has 0 spiro atoms. The van der Waals surface area contributed by atoms with Gasteiger partial charge in [-0.15, -0.1) is 0 Å². The van der Waals surface area contributed by atoms with Crippen molar-refractivity contribution in [3.05, 3.63) is 58.9 Å². The van der Waals surface area contributed by atoms with Crippen molar-refractivity contribution in [2.75, 3.05) is 12.4 Å². The van der Waals surface area contributed by atoms with Gasteiger partial charge in [-0.05, 0) is 19.9 Å². The Bertz CT molecular complexity index is 1310. The van der Waals surface area contributed by atoms with Gasteiger partial charge in [0.2, 0.25) is 0 Å². The quantitative estimate of drug-likeness (QED) is 0.478. The first-order valence-electron chi connectivity index (χ1n) is 9.24. The molecule has 0 aliphatic rings. The Morgan fingerprint density at radius 2 is 1.94 bits per heavy atom. The molecule has 0 saturated carbocycles. The van der Waals surface area contributed by atoms with E-state index in [9.17, 15) is 18.0 Å². The number of fused-ring (bicyclic) bond motifs is 3. The number of nitrogens with zero attached hydrogens (tertiary/aromatic N) is 5. The predicted octanol–water partition coefficient (Wildman–Crippen LogP) is 4.02. The normalized spacial score (nSPS) is 12.5. The fraction of sp³-hybridized carbons (Fsp3) is 0.250. The number of nitrogens with one attached hydrogen (secondary N) is 1. The van der Waals surface area contributed by atoms with Crippen LogP contribution in [0, 0.1) is 12.7 Å². The summed E-state index contributed by atoms with van der Waals surface area (Å²) >= 11 is 0. The number of aryl methyl sites for hydroxylation is 1. The number of alkyl halides is 2. The maximum absolute atomic E-state index is 14.6. The molecule has 3 aromatic heterocycles. The van der Waals surface area contributed by atoms with Gasteiger partial charge in [0.1, 0.15) is 29.4 Å². The van der Waals surface area contributed by atoms with Crippen LogP contribution in [0.2, 0.25) is 0 Å². The van der Waals surface area contributed by atoms with Crippen LogP contribution >= 0.6 is 0 Å². The topological polar surface area (TPSA) is 94.3 Å². The summed E-state index contributed by atoms with van der Waals surface area (Å²) in [6.07, 6.45) is -1.66. The van der Waals surface area contributed by atoms with Crippen molar-refractivity contribution >= 4 is 28.5 Å². The molecular weight excluding hydrogens is 413 g/mol. The molecular formula is C20H17F3N6O2. The van der Waals surface area contributed by atoms with Gasteiger partial charge in [-0.2, -0.15) is 9.61 Å². The molecule has 4 rings (SSSR count). The number of rotatable bonds is 5. The van der Waals surface area contributed by atoms with Crippen LogP contribution in [0.15, 0.2) is 30.6 Å². The molecule has 8 nitrogen and oxygen atoms in total. The van der Waals surface area contributed by atoms with Crippen LogP contribution in [0.1, 0.15) is 46.7 Å². The molecule has 3 heterocycles. The van der Waals surface area contributed by atoms with Crippen molar-refractivity contribution in [1.29, 1.82) is 0 Å². The van der Waals surface area contributed by atoms with Crippen molar-refractivity contribution in [1.82, 2.24) is 24.6 Å². The van der Waals surface area contributed by atoms with Crippen molar-refractivity contribution < 1.29 is 22.7 Å². The first-order valence-corrected chi connectivity index (χ1v) is 9.24. The largest absolute Gasteiger partial charge is 0.465 e. The van der Waals surface area contributed by atoms with Crippen LogP contribution in [0.5, 0.6) is 0 Å². The lowest BCUT2D eigenvalue weighted by atomic mass is 10.0. The number of carbonyl (C=O) groups excluding carboxylic acids is 1. The third kappa shape index (κ3) is 3.51. The van der Waals surface area contributed by atoms with E-state index in [0.717, 1.165) is 6.07 Å².